The van der Waals surface area contributed by atoms with Gasteiger partial charge in [-0.2, -0.15) is 0 Å². The zero-order valence-electron chi connectivity index (χ0n) is 11.5. The van der Waals surface area contributed by atoms with Gasteiger partial charge in [0.1, 0.15) is 0 Å². The minimum Gasteiger partial charge on any atom is -0.312 e. The van der Waals surface area contributed by atoms with E-state index in [1.807, 2.05) is 12.1 Å². The Balaban J connectivity index is 1.81. The van der Waals surface area contributed by atoms with Crippen molar-refractivity contribution in [3.8, 4) is 0 Å². The van der Waals surface area contributed by atoms with E-state index >= 15 is 0 Å². The Morgan fingerprint density at radius 2 is 1.89 bits per heavy atom. The van der Waals surface area contributed by atoms with Gasteiger partial charge in [-0.3, -0.25) is 0 Å². The molecule has 100 valence electrons. The first kappa shape index (κ1) is 14.1. The van der Waals surface area contributed by atoms with E-state index in [1.54, 1.807) is 0 Å². The van der Waals surface area contributed by atoms with Gasteiger partial charge in [0.05, 0.1) is 0 Å². The van der Waals surface area contributed by atoms with Crippen LogP contribution in [0.5, 0.6) is 0 Å². The first-order valence-electron chi connectivity index (χ1n) is 6.66. The van der Waals surface area contributed by atoms with Crippen molar-refractivity contribution >= 4 is 11.6 Å². The van der Waals surface area contributed by atoms with Crippen LogP contribution in [0.2, 0.25) is 5.02 Å². The lowest BCUT2D eigenvalue weighted by Crippen LogP contribution is -2.17. The number of aryl methyl sites for hydroxylation is 2. The van der Waals surface area contributed by atoms with Crippen LogP contribution < -0.4 is 5.32 Å². The number of halogens is 1. The summed E-state index contributed by atoms with van der Waals surface area (Å²) >= 11 is 5.95. The first-order valence-corrected chi connectivity index (χ1v) is 7.04. The largest absolute Gasteiger partial charge is 0.312 e. The second-order valence-corrected chi connectivity index (χ2v) is 5.42. The third-order valence-electron chi connectivity index (χ3n) is 3.29. The predicted octanol–water partition coefficient (Wildman–Crippen LogP) is 4.29. The molecule has 0 heterocycles. The quantitative estimate of drug-likeness (QED) is 0.802. The lowest BCUT2D eigenvalue weighted by molar-refractivity contribution is 0.684. The van der Waals surface area contributed by atoms with Crippen molar-refractivity contribution < 1.29 is 0 Å². The second-order valence-electron chi connectivity index (χ2n) is 4.99. The molecule has 0 radical (unpaired) electrons. The maximum atomic E-state index is 5.95. The van der Waals surface area contributed by atoms with Crippen molar-refractivity contribution in [1.29, 1.82) is 0 Å². The van der Waals surface area contributed by atoms with Gasteiger partial charge in [0.2, 0.25) is 0 Å². The van der Waals surface area contributed by atoms with E-state index in [0.717, 1.165) is 24.5 Å². The Kier molecular flexibility index (Phi) is 5.00. The van der Waals surface area contributed by atoms with Gasteiger partial charge in [0.15, 0.2) is 0 Å². The molecule has 0 unspecified atom stereocenters. The molecule has 19 heavy (non-hydrogen) atoms. The molecule has 1 N–H and O–H groups in total. The van der Waals surface area contributed by atoms with E-state index in [4.69, 9.17) is 11.6 Å². The Labute approximate surface area is 120 Å². The summed E-state index contributed by atoms with van der Waals surface area (Å²) in [6.45, 7) is 6.12. The van der Waals surface area contributed by atoms with E-state index in [-0.39, 0.29) is 0 Å². The van der Waals surface area contributed by atoms with E-state index in [9.17, 15) is 0 Å². The lowest BCUT2D eigenvalue weighted by Gasteiger charge is -2.08. The van der Waals surface area contributed by atoms with Gasteiger partial charge in [0, 0.05) is 11.6 Å². The molecule has 2 aromatic carbocycles. The van der Waals surface area contributed by atoms with Crippen LogP contribution in [0.25, 0.3) is 0 Å². The minimum absolute atomic E-state index is 0.806. The first-order chi connectivity index (χ1) is 9.15. The molecule has 0 fully saturated rings. The van der Waals surface area contributed by atoms with Gasteiger partial charge < -0.3 is 5.32 Å². The summed E-state index contributed by atoms with van der Waals surface area (Å²) in [7, 11) is 0. The van der Waals surface area contributed by atoms with Gasteiger partial charge in [0.25, 0.3) is 0 Å². The fraction of sp³-hybridized carbons (Fsp3) is 0.294. The Hall–Kier alpha value is -1.31. The summed E-state index contributed by atoms with van der Waals surface area (Å²) in [5, 5.41) is 4.29. The van der Waals surface area contributed by atoms with Gasteiger partial charge in [-0.05, 0) is 55.6 Å². The molecule has 0 aliphatic heterocycles. The molecule has 0 atom stereocenters. The predicted molar refractivity (Wildman–Crippen MR) is 82.8 cm³/mol. The van der Waals surface area contributed by atoms with Crippen LogP contribution in [-0.4, -0.2) is 6.54 Å². The maximum Gasteiger partial charge on any atom is 0.0408 e. The van der Waals surface area contributed by atoms with E-state index in [2.05, 4.69) is 49.5 Å². The van der Waals surface area contributed by atoms with E-state index < -0.39 is 0 Å². The molecule has 0 amide bonds. The highest BCUT2D eigenvalue weighted by Crippen LogP contribution is 2.14. The molecule has 0 aliphatic carbocycles. The van der Waals surface area contributed by atoms with Gasteiger partial charge >= 0.3 is 0 Å². The standard InChI is InChI=1S/C17H20ClN/c1-13-4-3-5-15(10-13)8-9-19-12-16-6-7-17(18)11-14(16)2/h3-7,10-11,19H,8-9,12H2,1-2H3. The SMILES string of the molecule is Cc1cccc(CCNCc2ccc(Cl)cc2C)c1. The molecule has 1 nitrogen and oxygen atoms in total. The number of rotatable bonds is 5. The summed E-state index contributed by atoms with van der Waals surface area (Å²) in [5.74, 6) is 0. The van der Waals surface area contributed by atoms with Crippen LogP contribution in [0.3, 0.4) is 0 Å². The topological polar surface area (TPSA) is 12.0 Å². The Morgan fingerprint density at radius 3 is 2.63 bits per heavy atom. The van der Waals surface area contributed by atoms with Crippen molar-refractivity contribution in [1.82, 2.24) is 5.32 Å². The van der Waals surface area contributed by atoms with Gasteiger partial charge in [-0.15, -0.1) is 0 Å². The zero-order chi connectivity index (χ0) is 13.7. The molecular weight excluding hydrogens is 254 g/mol. The highest BCUT2D eigenvalue weighted by atomic mass is 35.5. The van der Waals surface area contributed by atoms with Crippen molar-refractivity contribution in [3.63, 3.8) is 0 Å². The molecule has 0 bridgehead atoms. The van der Waals surface area contributed by atoms with Crippen molar-refractivity contribution in [2.24, 2.45) is 0 Å². The van der Waals surface area contributed by atoms with Crippen LogP contribution in [0.15, 0.2) is 42.5 Å². The van der Waals surface area contributed by atoms with Crippen LogP contribution in [0.4, 0.5) is 0 Å². The van der Waals surface area contributed by atoms with Crippen LogP contribution >= 0.6 is 11.6 Å². The molecule has 0 aliphatic rings. The third kappa shape index (κ3) is 4.38. The summed E-state index contributed by atoms with van der Waals surface area (Å²) in [4.78, 5) is 0. The van der Waals surface area contributed by atoms with Crippen molar-refractivity contribution in [2.75, 3.05) is 6.54 Å². The molecule has 2 rings (SSSR count). The number of hydrogen-bond acceptors (Lipinski definition) is 1. The third-order valence-corrected chi connectivity index (χ3v) is 3.53. The summed E-state index contributed by atoms with van der Waals surface area (Å²) in [6, 6.07) is 14.7. The highest BCUT2D eigenvalue weighted by Gasteiger charge is 1.99. The molecule has 0 saturated carbocycles. The fourth-order valence-corrected chi connectivity index (χ4v) is 2.41. The van der Waals surface area contributed by atoms with E-state index in [0.29, 0.717) is 0 Å². The average Bonchev–Trinajstić information content (AvgIpc) is 2.37. The van der Waals surface area contributed by atoms with Crippen molar-refractivity contribution in [2.45, 2.75) is 26.8 Å². The minimum atomic E-state index is 0.806. The van der Waals surface area contributed by atoms with Crippen LogP contribution in [0.1, 0.15) is 22.3 Å². The van der Waals surface area contributed by atoms with Crippen LogP contribution in [0, 0.1) is 13.8 Å². The molecule has 0 aromatic heterocycles. The number of benzene rings is 2. The summed E-state index contributed by atoms with van der Waals surface area (Å²) in [6.07, 6.45) is 1.06. The summed E-state index contributed by atoms with van der Waals surface area (Å²) in [5.41, 5.74) is 5.27. The normalized spacial score (nSPS) is 10.7. The molecule has 0 saturated heterocycles. The highest BCUT2D eigenvalue weighted by molar-refractivity contribution is 6.30. The summed E-state index contributed by atoms with van der Waals surface area (Å²) < 4.78 is 0. The smallest absolute Gasteiger partial charge is 0.0408 e. The second kappa shape index (κ2) is 6.74. The average molecular weight is 274 g/mol. The van der Waals surface area contributed by atoms with Gasteiger partial charge in [-0.25, -0.2) is 0 Å². The molecule has 2 aromatic rings. The Bertz CT molecular complexity index is 549. The van der Waals surface area contributed by atoms with Crippen molar-refractivity contribution in [3.05, 3.63) is 69.7 Å². The zero-order valence-corrected chi connectivity index (χ0v) is 12.3. The lowest BCUT2D eigenvalue weighted by atomic mass is 10.1. The molecule has 2 heteroatoms. The van der Waals surface area contributed by atoms with E-state index in [1.165, 1.54) is 22.3 Å². The molecular formula is C17H20ClN. The number of nitrogens with one attached hydrogen (secondary N) is 1. The molecule has 0 spiro atoms. The monoisotopic (exact) mass is 273 g/mol. The fourth-order valence-electron chi connectivity index (χ4n) is 2.18. The Morgan fingerprint density at radius 1 is 1.05 bits per heavy atom. The number of hydrogen-bond donors (Lipinski definition) is 1. The van der Waals surface area contributed by atoms with Crippen LogP contribution in [-0.2, 0) is 13.0 Å². The van der Waals surface area contributed by atoms with Gasteiger partial charge in [-0.1, -0.05) is 47.5 Å². The maximum absolute atomic E-state index is 5.95.